The van der Waals surface area contributed by atoms with Crippen LogP contribution < -0.4 is 5.32 Å². The van der Waals surface area contributed by atoms with Crippen LogP contribution in [0.2, 0.25) is 0 Å². The van der Waals surface area contributed by atoms with Crippen LogP contribution in [0.3, 0.4) is 0 Å². The van der Waals surface area contributed by atoms with Gasteiger partial charge in [0.05, 0.1) is 0 Å². The molecule has 0 unspecified atom stereocenters. The quantitative estimate of drug-likeness (QED) is 0.822. The summed E-state index contributed by atoms with van der Waals surface area (Å²) in [6.45, 7) is 4.45. The van der Waals surface area contributed by atoms with Gasteiger partial charge in [0.15, 0.2) is 0 Å². The number of rotatable bonds is 6. The van der Waals surface area contributed by atoms with Crippen LogP contribution in [0.5, 0.6) is 0 Å². The predicted molar refractivity (Wildman–Crippen MR) is 79.8 cm³/mol. The molecule has 1 aromatic heterocycles. The van der Waals surface area contributed by atoms with Crippen molar-refractivity contribution in [3.63, 3.8) is 0 Å². The largest absolute Gasteiger partial charge is 0.352 e. The van der Waals surface area contributed by atoms with E-state index in [2.05, 4.69) is 19.2 Å². The summed E-state index contributed by atoms with van der Waals surface area (Å²) in [6, 6.07) is 7.64. The number of carbonyl (C=O) groups excluding carboxylic acids is 2. The fourth-order valence-corrected chi connectivity index (χ4v) is 2.35. The van der Waals surface area contributed by atoms with Crippen molar-refractivity contribution in [2.75, 3.05) is 0 Å². The molecular weight excluding hydrogens is 252 g/mol. The molecule has 1 heterocycles. The van der Waals surface area contributed by atoms with Crippen LogP contribution >= 0.6 is 0 Å². The molecule has 1 amide bonds. The van der Waals surface area contributed by atoms with E-state index in [-0.39, 0.29) is 11.9 Å². The number of aldehydes is 1. The maximum Gasteiger partial charge on any atom is 0.240 e. The first kappa shape index (κ1) is 14.3. The SMILES string of the molecule is CCC(CC)NC(=O)Cn1ccc2cc(C=O)ccc21. The lowest BCUT2D eigenvalue weighted by atomic mass is 10.2. The van der Waals surface area contributed by atoms with Crippen LogP contribution in [0.15, 0.2) is 30.5 Å². The third-order valence-corrected chi connectivity index (χ3v) is 3.60. The standard InChI is InChI=1S/C16H20N2O2/c1-3-14(4-2)17-16(20)10-18-8-7-13-9-12(11-19)5-6-15(13)18/h5-9,11,14H,3-4,10H2,1-2H3,(H,17,20). The Morgan fingerprint density at radius 3 is 2.70 bits per heavy atom. The van der Waals surface area contributed by atoms with Gasteiger partial charge in [-0.05, 0) is 37.1 Å². The summed E-state index contributed by atoms with van der Waals surface area (Å²) in [6.07, 6.45) is 4.59. The molecule has 0 spiro atoms. The topological polar surface area (TPSA) is 51.1 Å². The van der Waals surface area contributed by atoms with Gasteiger partial charge in [0.25, 0.3) is 0 Å². The van der Waals surface area contributed by atoms with Gasteiger partial charge in [-0.1, -0.05) is 13.8 Å². The van der Waals surface area contributed by atoms with Gasteiger partial charge in [0.2, 0.25) is 5.91 Å². The number of aromatic nitrogens is 1. The number of hydrogen-bond acceptors (Lipinski definition) is 2. The molecule has 2 rings (SSSR count). The Balaban J connectivity index is 2.13. The van der Waals surface area contributed by atoms with E-state index in [4.69, 9.17) is 0 Å². The fourth-order valence-electron chi connectivity index (χ4n) is 2.35. The van der Waals surface area contributed by atoms with Crippen molar-refractivity contribution in [1.82, 2.24) is 9.88 Å². The molecule has 0 atom stereocenters. The van der Waals surface area contributed by atoms with Gasteiger partial charge in [-0.2, -0.15) is 0 Å². The Hall–Kier alpha value is -2.10. The first-order valence-corrected chi connectivity index (χ1v) is 7.01. The van der Waals surface area contributed by atoms with Crippen LogP contribution in [0, 0.1) is 0 Å². The second-order valence-electron chi connectivity index (χ2n) is 4.96. The van der Waals surface area contributed by atoms with Crippen LogP contribution in [0.1, 0.15) is 37.0 Å². The summed E-state index contributed by atoms with van der Waals surface area (Å²) in [5.41, 5.74) is 1.62. The molecule has 0 saturated heterocycles. The summed E-state index contributed by atoms with van der Waals surface area (Å²) >= 11 is 0. The minimum absolute atomic E-state index is 0.0238. The summed E-state index contributed by atoms with van der Waals surface area (Å²) in [5, 5.41) is 4.00. The van der Waals surface area contributed by atoms with E-state index in [1.165, 1.54) is 0 Å². The third kappa shape index (κ3) is 3.07. The fraction of sp³-hybridized carbons (Fsp3) is 0.375. The van der Waals surface area contributed by atoms with E-state index < -0.39 is 0 Å². The van der Waals surface area contributed by atoms with Crippen LogP contribution in [-0.4, -0.2) is 22.8 Å². The van der Waals surface area contributed by atoms with Gasteiger partial charge in [-0.15, -0.1) is 0 Å². The molecule has 20 heavy (non-hydrogen) atoms. The zero-order valence-electron chi connectivity index (χ0n) is 11.9. The van der Waals surface area contributed by atoms with Crippen LogP contribution in [0.4, 0.5) is 0 Å². The average Bonchev–Trinajstić information content (AvgIpc) is 2.86. The smallest absolute Gasteiger partial charge is 0.240 e. The lowest BCUT2D eigenvalue weighted by molar-refractivity contribution is -0.122. The Morgan fingerprint density at radius 2 is 2.05 bits per heavy atom. The maximum absolute atomic E-state index is 12.0. The second-order valence-corrected chi connectivity index (χ2v) is 4.96. The molecule has 1 N–H and O–H groups in total. The monoisotopic (exact) mass is 272 g/mol. The minimum Gasteiger partial charge on any atom is -0.352 e. The molecule has 0 aliphatic carbocycles. The molecule has 0 bridgehead atoms. The van der Waals surface area contributed by atoms with Crippen LogP contribution in [0.25, 0.3) is 10.9 Å². The molecule has 0 radical (unpaired) electrons. The lowest BCUT2D eigenvalue weighted by Gasteiger charge is -2.15. The highest BCUT2D eigenvalue weighted by atomic mass is 16.2. The van der Waals surface area contributed by atoms with Crippen molar-refractivity contribution >= 4 is 23.1 Å². The van der Waals surface area contributed by atoms with Gasteiger partial charge in [0, 0.05) is 28.7 Å². The molecule has 0 fully saturated rings. The third-order valence-electron chi connectivity index (χ3n) is 3.60. The van der Waals surface area contributed by atoms with E-state index in [1.807, 2.05) is 29.0 Å². The van der Waals surface area contributed by atoms with Gasteiger partial charge < -0.3 is 9.88 Å². The highest BCUT2D eigenvalue weighted by molar-refractivity contribution is 5.88. The number of nitrogens with one attached hydrogen (secondary N) is 1. The van der Waals surface area contributed by atoms with E-state index in [0.29, 0.717) is 12.1 Å². The first-order valence-electron chi connectivity index (χ1n) is 7.01. The molecular formula is C16H20N2O2. The summed E-state index contributed by atoms with van der Waals surface area (Å²) in [5.74, 6) is 0.0238. The molecule has 1 aromatic carbocycles. The minimum atomic E-state index is 0.0238. The van der Waals surface area contributed by atoms with Crippen molar-refractivity contribution in [3.05, 3.63) is 36.0 Å². The zero-order valence-corrected chi connectivity index (χ0v) is 11.9. The predicted octanol–water partition coefficient (Wildman–Crippen LogP) is 2.76. The van der Waals surface area contributed by atoms with Gasteiger partial charge >= 0.3 is 0 Å². The van der Waals surface area contributed by atoms with Crippen molar-refractivity contribution in [3.8, 4) is 0 Å². The van der Waals surface area contributed by atoms with E-state index in [0.717, 1.165) is 30.0 Å². The summed E-state index contributed by atoms with van der Waals surface area (Å²) in [4.78, 5) is 22.8. The maximum atomic E-state index is 12.0. The van der Waals surface area contributed by atoms with Crippen molar-refractivity contribution in [1.29, 1.82) is 0 Å². The van der Waals surface area contributed by atoms with Crippen molar-refractivity contribution in [2.24, 2.45) is 0 Å². The number of benzene rings is 1. The van der Waals surface area contributed by atoms with Gasteiger partial charge in [0.1, 0.15) is 12.8 Å². The number of fused-ring (bicyclic) bond motifs is 1. The second kappa shape index (κ2) is 6.37. The molecule has 4 heteroatoms. The number of carbonyl (C=O) groups is 2. The number of hydrogen-bond donors (Lipinski definition) is 1. The number of nitrogens with zero attached hydrogens (tertiary/aromatic N) is 1. The Morgan fingerprint density at radius 1 is 1.30 bits per heavy atom. The molecule has 4 nitrogen and oxygen atoms in total. The molecule has 0 aliphatic heterocycles. The van der Waals surface area contributed by atoms with Gasteiger partial charge in [-0.3, -0.25) is 9.59 Å². The van der Waals surface area contributed by atoms with E-state index in [1.54, 1.807) is 6.07 Å². The van der Waals surface area contributed by atoms with Crippen LogP contribution in [-0.2, 0) is 11.3 Å². The van der Waals surface area contributed by atoms with E-state index in [9.17, 15) is 9.59 Å². The molecule has 106 valence electrons. The summed E-state index contributed by atoms with van der Waals surface area (Å²) in [7, 11) is 0. The highest BCUT2D eigenvalue weighted by Gasteiger charge is 2.10. The zero-order chi connectivity index (χ0) is 14.5. The molecule has 0 saturated carbocycles. The average molecular weight is 272 g/mol. The Labute approximate surface area is 118 Å². The van der Waals surface area contributed by atoms with Crippen molar-refractivity contribution < 1.29 is 9.59 Å². The Kier molecular flexibility index (Phi) is 4.56. The number of amides is 1. The van der Waals surface area contributed by atoms with Gasteiger partial charge in [-0.25, -0.2) is 0 Å². The van der Waals surface area contributed by atoms with E-state index >= 15 is 0 Å². The van der Waals surface area contributed by atoms with Crippen molar-refractivity contribution in [2.45, 2.75) is 39.3 Å². The molecule has 0 aliphatic rings. The highest BCUT2D eigenvalue weighted by Crippen LogP contribution is 2.17. The lowest BCUT2D eigenvalue weighted by Crippen LogP contribution is -2.36. The normalized spacial score (nSPS) is 10.9. The Bertz CT molecular complexity index is 612. The first-order chi connectivity index (χ1) is 9.67. The summed E-state index contributed by atoms with van der Waals surface area (Å²) < 4.78 is 1.90. The molecule has 2 aromatic rings.